The molecule has 0 bridgehead atoms. The van der Waals surface area contributed by atoms with Crippen LogP contribution in [0.25, 0.3) is 22.3 Å². The highest BCUT2D eigenvalue weighted by Gasteiger charge is 2.51. The van der Waals surface area contributed by atoms with Gasteiger partial charge in [-0.15, -0.1) is 0 Å². The molecule has 0 aliphatic heterocycles. The van der Waals surface area contributed by atoms with E-state index in [1.165, 1.54) is 50.1 Å². The quantitative estimate of drug-likeness (QED) is 0.219. The molecule has 6 aromatic carbocycles. The third kappa shape index (κ3) is 3.92. The van der Waals surface area contributed by atoms with Gasteiger partial charge in [-0.3, -0.25) is 0 Å². The van der Waals surface area contributed by atoms with Crippen molar-refractivity contribution in [2.75, 3.05) is 4.90 Å². The maximum absolute atomic E-state index is 6.50. The van der Waals surface area contributed by atoms with Crippen LogP contribution in [-0.4, -0.2) is 0 Å². The summed E-state index contributed by atoms with van der Waals surface area (Å²) < 4.78 is 0. The maximum Gasteiger partial charge on any atom is 0.0726 e. The molecular weight excluding hydrogens is 544 g/mol. The molecule has 2 aliphatic carbocycles. The summed E-state index contributed by atoms with van der Waals surface area (Å²) in [5.74, 6) is 0. The van der Waals surface area contributed by atoms with Crippen molar-refractivity contribution in [3.05, 3.63) is 179 Å². The van der Waals surface area contributed by atoms with Gasteiger partial charge in [0.2, 0.25) is 0 Å². The van der Waals surface area contributed by atoms with Crippen LogP contribution in [0.2, 0.25) is 0 Å². The first-order chi connectivity index (χ1) is 21.7. The first-order valence-corrected chi connectivity index (χ1v) is 15.9. The first-order valence-electron chi connectivity index (χ1n) is 15.9. The van der Waals surface area contributed by atoms with Gasteiger partial charge in [0.05, 0.1) is 11.0 Å². The number of hydrogen-bond acceptors (Lipinski definition) is 2. The molecule has 8 rings (SSSR count). The lowest BCUT2D eigenvalue weighted by Crippen LogP contribution is -2.38. The third-order valence-electron chi connectivity index (χ3n) is 10.1. The predicted octanol–water partition coefficient (Wildman–Crippen LogP) is 10.3. The van der Waals surface area contributed by atoms with Gasteiger partial charge in [-0.1, -0.05) is 121 Å². The van der Waals surface area contributed by atoms with Crippen LogP contribution < -0.4 is 10.6 Å². The molecule has 2 heteroatoms. The molecule has 0 amide bonds. The van der Waals surface area contributed by atoms with Gasteiger partial charge in [-0.25, -0.2) is 0 Å². The average molecular weight is 583 g/mol. The van der Waals surface area contributed by atoms with Crippen LogP contribution in [0.15, 0.2) is 146 Å². The Kier molecular flexibility index (Phi) is 6.01. The van der Waals surface area contributed by atoms with E-state index in [-0.39, 0.29) is 11.0 Å². The number of fused-ring (bicyclic) bond motifs is 10. The van der Waals surface area contributed by atoms with E-state index in [2.05, 4.69) is 178 Å². The standard InChI is InChI=1S/C43H38N2/c1-41(2,44)29-22-24-31(25-23-29)45(42(3,4)30-14-6-5-7-15-30)32-26-27-36-35-18-10-13-21-39(35)43(40(36)28-32)37-19-11-8-16-33(37)34-17-9-12-20-38(34)43/h5-28H,44H2,1-4H3. The summed E-state index contributed by atoms with van der Waals surface area (Å²) in [6.07, 6.45) is 0. The molecule has 2 N–H and O–H groups in total. The Hall–Kier alpha value is -4.92. The zero-order chi connectivity index (χ0) is 31.0. The van der Waals surface area contributed by atoms with Gasteiger partial charge in [-0.05, 0) is 108 Å². The summed E-state index contributed by atoms with van der Waals surface area (Å²) in [5, 5.41) is 0. The van der Waals surface area contributed by atoms with Gasteiger partial charge in [0.1, 0.15) is 0 Å². The van der Waals surface area contributed by atoms with Crippen LogP contribution in [0.4, 0.5) is 11.4 Å². The summed E-state index contributed by atoms with van der Waals surface area (Å²) in [6, 6.07) is 53.8. The molecule has 2 aliphatic rings. The van der Waals surface area contributed by atoms with Gasteiger partial charge in [0.15, 0.2) is 0 Å². The molecule has 0 saturated carbocycles. The normalized spacial score (nSPS) is 14.1. The molecule has 0 radical (unpaired) electrons. The van der Waals surface area contributed by atoms with Gasteiger partial charge >= 0.3 is 0 Å². The van der Waals surface area contributed by atoms with E-state index >= 15 is 0 Å². The van der Waals surface area contributed by atoms with Crippen molar-refractivity contribution in [3.8, 4) is 22.3 Å². The van der Waals surface area contributed by atoms with Crippen molar-refractivity contribution in [1.82, 2.24) is 0 Å². The molecule has 0 saturated heterocycles. The van der Waals surface area contributed by atoms with Crippen LogP contribution in [-0.2, 0) is 16.5 Å². The van der Waals surface area contributed by atoms with E-state index in [0.717, 1.165) is 16.9 Å². The number of anilines is 2. The number of benzene rings is 6. The van der Waals surface area contributed by atoms with Gasteiger partial charge < -0.3 is 10.6 Å². The monoisotopic (exact) mass is 582 g/mol. The average Bonchev–Trinajstić information content (AvgIpc) is 3.52. The summed E-state index contributed by atoms with van der Waals surface area (Å²) in [5.41, 5.74) is 20.7. The second-order valence-corrected chi connectivity index (χ2v) is 13.6. The van der Waals surface area contributed by atoms with Crippen molar-refractivity contribution in [3.63, 3.8) is 0 Å². The lowest BCUT2D eigenvalue weighted by molar-refractivity contribution is 0.534. The molecular formula is C43H38N2. The molecule has 0 fully saturated rings. The first kappa shape index (κ1) is 27.6. The highest BCUT2D eigenvalue weighted by Crippen LogP contribution is 2.63. The highest BCUT2D eigenvalue weighted by atomic mass is 15.2. The van der Waals surface area contributed by atoms with E-state index in [1.54, 1.807) is 0 Å². The SMILES string of the molecule is CC(C)(N)c1ccc(N(c2ccc3c(c2)C2(c4ccccc4-c4ccccc42)c2ccccc2-3)C(C)(C)c2ccccc2)cc1. The van der Waals surface area contributed by atoms with Crippen LogP contribution >= 0.6 is 0 Å². The Morgan fingerprint density at radius 1 is 0.444 bits per heavy atom. The van der Waals surface area contributed by atoms with Gasteiger partial charge in [0, 0.05) is 16.9 Å². The third-order valence-corrected chi connectivity index (χ3v) is 10.1. The van der Waals surface area contributed by atoms with E-state index in [0.29, 0.717) is 0 Å². The fourth-order valence-corrected chi connectivity index (χ4v) is 8.03. The number of rotatable bonds is 5. The Morgan fingerprint density at radius 2 is 0.889 bits per heavy atom. The molecule has 0 heterocycles. The topological polar surface area (TPSA) is 29.3 Å². The number of hydrogen-bond donors (Lipinski definition) is 1. The van der Waals surface area contributed by atoms with E-state index in [4.69, 9.17) is 5.73 Å². The maximum atomic E-state index is 6.50. The molecule has 2 nitrogen and oxygen atoms in total. The Morgan fingerprint density at radius 3 is 1.40 bits per heavy atom. The summed E-state index contributed by atoms with van der Waals surface area (Å²) >= 11 is 0. The molecule has 0 aromatic heterocycles. The zero-order valence-electron chi connectivity index (χ0n) is 26.4. The van der Waals surface area contributed by atoms with Gasteiger partial charge in [-0.2, -0.15) is 0 Å². The van der Waals surface area contributed by atoms with E-state index in [9.17, 15) is 0 Å². The highest BCUT2D eigenvalue weighted by molar-refractivity contribution is 5.95. The fraction of sp³-hybridized carbons (Fsp3) is 0.163. The minimum Gasteiger partial charge on any atom is -0.332 e. The minimum absolute atomic E-state index is 0.348. The van der Waals surface area contributed by atoms with E-state index < -0.39 is 5.54 Å². The number of nitrogens with zero attached hydrogens (tertiary/aromatic N) is 1. The van der Waals surface area contributed by atoms with Crippen LogP contribution in [0.5, 0.6) is 0 Å². The Balaban J connectivity index is 1.41. The molecule has 0 unspecified atom stereocenters. The van der Waals surface area contributed by atoms with Crippen LogP contribution in [0.1, 0.15) is 61.1 Å². The fourth-order valence-electron chi connectivity index (χ4n) is 8.03. The van der Waals surface area contributed by atoms with Crippen molar-refractivity contribution in [2.24, 2.45) is 5.73 Å². The van der Waals surface area contributed by atoms with Crippen LogP contribution in [0, 0.1) is 0 Å². The second kappa shape index (κ2) is 9.79. The minimum atomic E-state index is -0.409. The van der Waals surface area contributed by atoms with E-state index in [1.807, 2.05) is 0 Å². The summed E-state index contributed by atoms with van der Waals surface area (Å²) in [4.78, 5) is 2.50. The summed E-state index contributed by atoms with van der Waals surface area (Å²) in [7, 11) is 0. The predicted molar refractivity (Wildman–Crippen MR) is 188 cm³/mol. The lowest BCUT2D eigenvalue weighted by Gasteiger charge is -2.42. The molecule has 45 heavy (non-hydrogen) atoms. The molecule has 6 aromatic rings. The molecule has 0 atom stereocenters. The Labute approximate surface area is 266 Å². The smallest absolute Gasteiger partial charge is 0.0726 e. The summed E-state index contributed by atoms with van der Waals surface area (Å²) in [6.45, 7) is 8.76. The number of nitrogens with two attached hydrogens (primary N) is 1. The zero-order valence-corrected chi connectivity index (χ0v) is 26.4. The Bertz CT molecular complexity index is 2000. The van der Waals surface area contributed by atoms with Crippen molar-refractivity contribution >= 4 is 11.4 Å². The largest absolute Gasteiger partial charge is 0.332 e. The van der Waals surface area contributed by atoms with Crippen molar-refractivity contribution < 1.29 is 0 Å². The molecule has 1 spiro atoms. The van der Waals surface area contributed by atoms with Crippen molar-refractivity contribution in [2.45, 2.75) is 44.2 Å². The van der Waals surface area contributed by atoms with Crippen molar-refractivity contribution in [1.29, 1.82) is 0 Å². The lowest BCUT2D eigenvalue weighted by atomic mass is 9.70. The van der Waals surface area contributed by atoms with Crippen LogP contribution in [0.3, 0.4) is 0 Å². The second-order valence-electron chi connectivity index (χ2n) is 13.6. The van der Waals surface area contributed by atoms with Gasteiger partial charge in [0.25, 0.3) is 0 Å². The molecule has 220 valence electrons.